The van der Waals surface area contributed by atoms with E-state index in [1.807, 2.05) is 30.1 Å². The third kappa shape index (κ3) is 3.36. The molecule has 3 heterocycles. The number of carbonyl (C=O) groups excluding carboxylic acids is 1. The summed E-state index contributed by atoms with van der Waals surface area (Å²) in [5.41, 5.74) is 1.46. The van der Waals surface area contributed by atoms with Gasteiger partial charge < -0.3 is 9.88 Å². The minimum absolute atomic E-state index is 0.0906. The number of aryl methyl sites for hydroxylation is 1. The van der Waals surface area contributed by atoms with Crippen molar-refractivity contribution in [2.75, 3.05) is 19.3 Å². The van der Waals surface area contributed by atoms with Crippen LogP contribution < -0.4 is 5.32 Å². The van der Waals surface area contributed by atoms with E-state index in [-0.39, 0.29) is 11.9 Å². The molecule has 0 spiro atoms. The predicted molar refractivity (Wildman–Crippen MR) is 88.9 cm³/mol. The molecule has 1 N–H and O–H groups in total. The van der Waals surface area contributed by atoms with Gasteiger partial charge in [0.25, 0.3) is 5.91 Å². The lowest BCUT2D eigenvalue weighted by atomic mass is 10.1. The van der Waals surface area contributed by atoms with E-state index >= 15 is 0 Å². The van der Waals surface area contributed by atoms with Gasteiger partial charge in [-0.3, -0.25) is 9.48 Å². The second-order valence-electron chi connectivity index (χ2n) is 6.03. The summed E-state index contributed by atoms with van der Waals surface area (Å²) in [6.07, 6.45) is 5.32. The second kappa shape index (κ2) is 6.40. The van der Waals surface area contributed by atoms with E-state index in [4.69, 9.17) is 0 Å². The molecule has 8 nitrogen and oxygen atoms in total. The molecular weight excluding hydrogens is 330 g/mol. The molecular formula is C15H21N5O3S. The van der Waals surface area contributed by atoms with Gasteiger partial charge in [0.2, 0.25) is 10.0 Å². The van der Waals surface area contributed by atoms with Gasteiger partial charge >= 0.3 is 0 Å². The average Bonchev–Trinajstić information content (AvgIpc) is 3.14. The van der Waals surface area contributed by atoms with Crippen LogP contribution in [0.4, 0.5) is 0 Å². The first kappa shape index (κ1) is 16.7. The zero-order chi connectivity index (χ0) is 17.3. The van der Waals surface area contributed by atoms with Crippen LogP contribution >= 0.6 is 0 Å². The molecule has 3 rings (SSSR count). The molecule has 0 radical (unpaired) electrons. The summed E-state index contributed by atoms with van der Waals surface area (Å²) >= 11 is 0. The van der Waals surface area contributed by atoms with Crippen molar-refractivity contribution in [1.82, 2.24) is 24.0 Å². The summed E-state index contributed by atoms with van der Waals surface area (Å²) in [5, 5.41) is 7.18. The van der Waals surface area contributed by atoms with Gasteiger partial charge in [0.15, 0.2) is 0 Å². The third-order valence-electron chi connectivity index (χ3n) is 4.26. The maximum absolute atomic E-state index is 12.1. The van der Waals surface area contributed by atoms with Gasteiger partial charge in [0.1, 0.15) is 5.69 Å². The van der Waals surface area contributed by atoms with Crippen molar-refractivity contribution >= 4 is 15.9 Å². The third-order valence-corrected chi connectivity index (χ3v) is 5.48. The zero-order valence-electron chi connectivity index (χ0n) is 13.7. The van der Waals surface area contributed by atoms with Crippen molar-refractivity contribution in [3.63, 3.8) is 0 Å². The van der Waals surface area contributed by atoms with Gasteiger partial charge in [0, 0.05) is 32.5 Å². The Labute approximate surface area is 141 Å². The van der Waals surface area contributed by atoms with Crippen LogP contribution in [0.1, 0.15) is 28.6 Å². The highest BCUT2D eigenvalue weighted by molar-refractivity contribution is 7.88. The Hall–Kier alpha value is -2.13. The molecule has 1 atom stereocenters. The number of fused-ring (bicyclic) bond motifs is 1. The van der Waals surface area contributed by atoms with E-state index in [9.17, 15) is 13.2 Å². The molecule has 0 unspecified atom stereocenters. The molecule has 0 fully saturated rings. The molecule has 0 aromatic carbocycles. The Kier molecular flexibility index (Phi) is 4.46. The average molecular weight is 351 g/mol. The van der Waals surface area contributed by atoms with Crippen molar-refractivity contribution < 1.29 is 13.2 Å². The monoisotopic (exact) mass is 351 g/mol. The fraction of sp³-hybridized carbons (Fsp3) is 0.467. The van der Waals surface area contributed by atoms with E-state index in [1.165, 1.54) is 10.6 Å². The van der Waals surface area contributed by atoms with Crippen LogP contribution in [-0.4, -0.2) is 52.3 Å². The number of nitrogens with zero attached hydrogens (tertiary/aromatic N) is 4. The molecule has 2 aromatic rings. The Morgan fingerprint density at radius 2 is 2.21 bits per heavy atom. The van der Waals surface area contributed by atoms with Crippen LogP contribution in [-0.2, 0) is 23.6 Å². The highest BCUT2D eigenvalue weighted by Gasteiger charge is 2.30. The first-order chi connectivity index (χ1) is 11.4. The highest BCUT2D eigenvalue weighted by atomic mass is 32.2. The number of nitrogens with one attached hydrogen (secondary N) is 1. The van der Waals surface area contributed by atoms with E-state index in [0.717, 1.165) is 5.69 Å². The number of sulfonamides is 1. The van der Waals surface area contributed by atoms with Gasteiger partial charge in [-0.15, -0.1) is 0 Å². The number of rotatable bonds is 5. The SMILES string of the molecule is Cn1cccc1C(=O)NCC[C@@H]1CN(S(C)(=O)=O)Cc2ccnn21. The standard InChI is InChI=1S/C15H21N5O3S/c1-18-9-3-4-14(18)15(21)16-7-5-12-10-19(24(2,22)23)11-13-6-8-17-20(12)13/h3-4,6,8-9,12H,5,7,10-11H2,1-2H3,(H,16,21)/t12-/m1/s1. The molecule has 0 saturated carbocycles. The van der Waals surface area contributed by atoms with Gasteiger partial charge in [-0.05, 0) is 24.6 Å². The number of aromatic nitrogens is 3. The lowest BCUT2D eigenvalue weighted by molar-refractivity contribution is 0.0941. The van der Waals surface area contributed by atoms with Crippen LogP contribution in [0.15, 0.2) is 30.6 Å². The normalized spacial score (nSPS) is 18.3. The van der Waals surface area contributed by atoms with Gasteiger partial charge in [0.05, 0.1) is 24.5 Å². The van der Waals surface area contributed by atoms with Crippen LogP contribution in [0.3, 0.4) is 0 Å². The summed E-state index contributed by atoms with van der Waals surface area (Å²) in [6, 6.07) is 5.31. The van der Waals surface area contributed by atoms with Crippen LogP contribution in [0.2, 0.25) is 0 Å². The van der Waals surface area contributed by atoms with Crippen LogP contribution in [0.25, 0.3) is 0 Å². The summed E-state index contributed by atoms with van der Waals surface area (Å²) in [5.74, 6) is -0.140. The fourth-order valence-corrected chi connectivity index (χ4v) is 3.77. The molecule has 0 saturated heterocycles. The molecule has 2 aromatic heterocycles. The molecule has 130 valence electrons. The van der Waals surface area contributed by atoms with Crippen molar-refractivity contribution in [2.24, 2.45) is 7.05 Å². The first-order valence-electron chi connectivity index (χ1n) is 7.73. The van der Waals surface area contributed by atoms with Crippen molar-refractivity contribution in [3.8, 4) is 0 Å². The van der Waals surface area contributed by atoms with Gasteiger partial charge in [-0.25, -0.2) is 8.42 Å². The van der Waals surface area contributed by atoms with Crippen molar-refractivity contribution in [3.05, 3.63) is 42.0 Å². The molecule has 1 aliphatic rings. The summed E-state index contributed by atoms with van der Waals surface area (Å²) < 4.78 is 28.8. The molecule has 24 heavy (non-hydrogen) atoms. The lowest BCUT2D eigenvalue weighted by Crippen LogP contribution is -2.41. The smallest absolute Gasteiger partial charge is 0.267 e. The first-order valence-corrected chi connectivity index (χ1v) is 9.58. The maximum Gasteiger partial charge on any atom is 0.267 e. The maximum atomic E-state index is 12.1. The van der Waals surface area contributed by atoms with E-state index in [2.05, 4.69) is 10.4 Å². The number of hydrogen-bond acceptors (Lipinski definition) is 4. The number of amides is 1. The van der Waals surface area contributed by atoms with E-state index in [0.29, 0.717) is 31.7 Å². The fourth-order valence-electron chi connectivity index (χ4n) is 2.96. The number of hydrogen-bond donors (Lipinski definition) is 1. The lowest BCUT2D eigenvalue weighted by Gasteiger charge is -2.32. The zero-order valence-corrected chi connectivity index (χ0v) is 14.5. The van der Waals surface area contributed by atoms with Crippen molar-refractivity contribution in [1.29, 1.82) is 0 Å². The van der Waals surface area contributed by atoms with Crippen molar-refractivity contribution in [2.45, 2.75) is 19.0 Å². The number of carbonyl (C=O) groups is 1. The highest BCUT2D eigenvalue weighted by Crippen LogP contribution is 2.24. The predicted octanol–water partition coefficient (Wildman–Crippen LogP) is 0.358. The van der Waals surface area contributed by atoms with Gasteiger partial charge in [-0.2, -0.15) is 9.40 Å². The molecule has 1 aliphatic heterocycles. The second-order valence-corrected chi connectivity index (χ2v) is 8.01. The molecule has 9 heteroatoms. The minimum atomic E-state index is -3.26. The molecule has 0 aliphatic carbocycles. The Balaban J connectivity index is 1.64. The summed E-state index contributed by atoms with van der Waals surface area (Å²) in [4.78, 5) is 12.1. The topological polar surface area (TPSA) is 89.2 Å². The quantitative estimate of drug-likeness (QED) is 0.842. The molecule has 1 amide bonds. The summed E-state index contributed by atoms with van der Waals surface area (Å²) in [6.45, 7) is 1.16. The largest absolute Gasteiger partial charge is 0.351 e. The van der Waals surface area contributed by atoms with Crippen LogP contribution in [0.5, 0.6) is 0 Å². The summed E-state index contributed by atoms with van der Waals surface area (Å²) in [7, 11) is -1.44. The minimum Gasteiger partial charge on any atom is -0.351 e. The van der Waals surface area contributed by atoms with E-state index < -0.39 is 10.0 Å². The Morgan fingerprint density at radius 1 is 1.42 bits per heavy atom. The van der Waals surface area contributed by atoms with Crippen LogP contribution in [0, 0.1) is 0 Å². The Morgan fingerprint density at radius 3 is 2.88 bits per heavy atom. The van der Waals surface area contributed by atoms with Gasteiger partial charge in [-0.1, -0.05) is 0 Å². The Bertz CT molecular complexity index is 839. The van der Waals surface area contributed by atoms with E-state index in [1.54, 1.807) is 16.8 Å². The molecule has 0 bridgehead atoms.